The van der Waals surface area contributed by atoms with E-state index in [0.29, 0.717) is 13.2 Å². The van der Waals surface area contributed by atoms with Gasteiger partial charge in [0.25, 0.3) is 0 Å². The third kappa shape index (κ3) is 4.11. The highest BCUT2D eigenvalue weighted by Gasteiger charge is 2.30. The molecule has 0 fully saturated rings. The molecule has 0 spiro atoms. The van der Waals surface area contributed by atoms with E-state index >= 15 is 0 Å². The number of nitrogens with zero attached hydrogens (tertiary/aromatic N) is 1. The molecule has 0 saturated carbocycles. The lowest BCUT2D eigenvalue weighted by Crippen LogP contribution is -2.40. The van der Waals surface area contributed by atoms with E-state index < -0.39 is 0 Å². The molecule has 1 atom stereocenters. The fourth-order valence-corrected chi connectivity index (χ4v) is 4.65. The maximum Gasteiger partial charge on any atom is 0.238 e. The van der Waals surface area contributed by atoms with Crippen molar-refractivity contribution >= 4 is 22.9 Å². The summed E-state index contributed by atoms with van der Waals surface area (Å²) >= 11 is 1.81. The maximum absolute atomic E-state index is 12.7. The Kier molecular flexibility index (Phi) is 5.74. The van der Waals surface area contributed by atoms with Crippen molar-refractivity contribution in [2.45, 2.75) is 19.4 Å². The number of ether oxygens (including phenoxy) is 1. The third-order valence-corrected chi connectivity index (χ3v) is 5.97. The normalized spacial score (nSPS) is 16.4. The first-order valence-electron chi connectivity index (χ1n) is 9.62. The van der Waals surface area contributed by atoms with Crippen molar-refractivity contribution in [2.75, 3.05) is 25.0 Å². The summed E-state index contributed by atoms with van der Waals surface area (Å²) < 4.78 is 5.46. The van der Waals surface area contributed by atoms with Crippen molar-refractivity contribution in [3.8, 4) is 5.75 Å². The second-order valence-corrected chi connectivity index (χ2v) is 7.84. The molecule has 1 aliphatic heterocycles. The van der Waals surface area contributed by atoms with Gasteiger partial charge in [-0.25, -0.2) is 0 Å². The lowest BCUT2D eigenvalue weighted by molar-refractivity contribution is -0.117. The Labute approximate surface area is 169 Å². The van der Waals surface area contributed by atoms with Crippen LogP contribution < -0.4 is 10.1 Å². The fraction of sp³-hybridized carbons (Fsp3) is 0.261. The van der Waals surface area contributed by atoms with Gasteiger partial charge in [0.15, 0.2) is 0 Å². The molecule has 1 amide bonds. The molecule has 0 unspecified atom stereocenters. The Bertz CT molecular complexity index is 921. The van der Waals surface area contributed by atoms with E-state index in [9.17, 15) is 4.79 Å². The molecule has 1 N–H and O–H groups in total. The first-order valence-corrected chi connectivity index (χ1v) is 10.5. The molecule has 1 aromatic heterocycles. The van der Waals surface area contributed by atoms with Gasteiger partial charge in [-0.3, -0.25) is 9.69 Å². The molecule has 0 radical (unpaired) electrons. The van der Waals surface area contributed by atoms with Crippen LogP contribution in [0.1, 0.15) is 29.0 Å². The number of anilines is 1. The summed E-state index contributed by atoms with van der Waals surface area (Å²) in [6, 6.07) is 20.3. The summed E-state index contributed by atoms with van der Waals surface area (Å²) in [5.74, 6) is 0.814. The highest BCUT2D eigenvalue weighted by molar-refractivity contribution is 7.10. The van der Waals surface area contributed by atoms with Crippen molar-refractivity contribution in [3.05, 3.63) is 82.0 Å². The quantitative estimate of drug-likeness (QED) is 0.659. The highest BCUT2D eigenvalue weighted by Crippen LogP contribution is 2.37. The van der Waals surface area contributed by atoms with Crippen molar-refractivity contribution < 1.29 is 9.53 Å². The average Bonchev–Trinajstić information content (AvgIpc) is 3.19. The minimum atomic E-state index is 0.00349. The van der Waals surface area contributed by atoms with Gasteiger partial charge < -0.3 is 10.1 Å². The zero-order valence-corrected chi connectivity index (χ0v) is 16.7. The topological polar surface area (TPSA) is 41.6 Å². The van der Waals surface area contributed by atoms with Crippen LogP contribution in [0.4, 0.5) is 5.69 Å². The summed E-state index contributed by atoms with van der Waals surface area (Å²) in [7, 11) is 0. The van der Waals surface area contributed by atoms with Crippen LogP contribution in [0.15, 0.2) is 66.0 Å². The van der Waals surface area contributed by atoms with Crippen LogP contribution in [-0.2, 0) is 11.2 Å². The zero-order valence-electron chi connectivity index (χ0n) is 15.9. The van der Waals surface area contributed by atoms with Crippen molar-refractivity contribution in [1.29, 1.82) is 0 Å². The van der Waals surface area contributed by atoms with Gasteiger partial charge in [0.05, 0.1) is 19.2 Å². The standard InChI is InChI=1S/C23H24N2O2S/c1-2-27-19-10-8-18(9-11-19)24-22(26)16-25-14-12-21-20(13-15-28-21)23(25)17-6-4-3-5-7-17/h3-11,13,15,23H,2,12,14,16H2,1H3,(H,24,26)/t23-/m1/s1. The number of carbonyl (C=O) groups excluding carboxylic acids is 1. The zero-order chi connectivity index (χ0) is 19.3. The van der Waals surface area contributed by atoms with Crippen LogP contribution in [0.5, 0.6) is 5.75 Å². The van der Waals surface area contributed by atoms with Gasteiger partial charge in [-0.15, -0.1) is 11.3 Å². The fourth-order valence-electron chi connectivity index (χ4n) is 3.75. The van der Waals surface area contributed by atoms with E-state index in [-0.39, 0.29) is 11.9 Å². The second-order valence-electron chi connectivity index (χ2n) is 6.84. The minimum absolute atomic E-state index is 0.00349. The predicted octanol–water partition coefficient (Wildman–Crippen LogP) is 4.73. The van der Waals surface area contributed by atoms with E-state index in [1.807, 2.05) is 48.6 Å². The molecule has 5 heteroatoms. The van der Waals surface area contributed by atoms with E-state index in [2.05, 4.69) is 45.9 Å². The van der Waals surface area contributed by atoms with Crippen LogP contribution >= 0.6 is 11.3 Å². The first-order chi connectivity index (χ1) is 13.7. The monoisotopic (exact) mass is 392 g/mol. The molecule has 1 aliphatic rings. The smallest absolute Gasteiger partial charge is 0.238 e. The third-order valence-electron chi connectivity index (χ3n) is 4.98. The Morgan fingerprint density at radius 3 is 2.68 bits per heavy atom. The summed E-state index contributed by atoms with van der Waals surface area (Å²) in [6.07, 6.45) is 0.993. The summed E-state index contributed by atoms with van der Waals surface area (Å²) in [4.78, 5) is 16.4. The average molecular weight is 393 g/mol. The number of hydrogen-bond acceptors (Lipinski definition) is 4. The first kappa shape index (κ1) is 18.7. The number of carbonyl (C=O) groups is 1. The number of hydrogen-bond donors (Lipinski definition) is 1. The van der Waals surface area contributed by atoms with Gasteiger partial charge in [0, 0.05) is 17.1 Å². The van der Waals surface area contributed by atoms with Crippen LogP contribution in [0.25, 0.3) is 0 Å². The van der Waals surface area contributed by atoms with E-state index in [4.69, 9.17) is 4.74 Å². The number of benzene rings is 2. The Hall–Kier alpha value is -2.63. The summed E-state index contributed by atoms with van der Waals surface area (Å²) in [5, 5.41) is 5.17. The summed E-state index contributed by atoms with van der Waals surface area (Å²) in [6.45, 7) is 3.83. The molecule has 4 nitrogen and oxygen atoms in total. The number of nitrogens with one attached hydrogen (secondary N) is 1. The number of rotatable bonds is 6. The SMILES string of the molecule is CCOc1ccc(NC(=O)CN2CCc3sccc3[C@H]2c2ccccc2)cc1. The van der Waals surface area contributed by atoms with Crippen molar-refractivity contribution in [2.24, 2.45) is 0 Å². The maximum atomic E-state index is 12.7. The van der Waals surface area contributed by atoms with Crippen LogP contribution in [0.2, 0.25) is 0 Å². The van der Waals surface area contributed by atoms with Gasteiger partial charge >= 0.3 is 0 Å². The molecule has 4 rings (SSSR count). The van der Waals surface area contributed by atoms with E-state index in [1.54, 1.807) is 0 Å². The van der Waals surface area contributed by atoms with E-state index in [0.717, 1.165) is 24.4 Å². The van der Waals surface area contributed by atoms with Gasteiger partial charge in [0.2, 0.25) is 5.91 Å². The van der Waals surface area contributed by atoms with Gasteiger partial charge in [0.1, 0.15) is 5.75 Å². The Morgan fingerprint density at radius 2 is 1.93 bits per heavy atom. The molecule has 0 bridgehead atoms. The van der Waals surface area contributed by atoms with Gasteiger partial charge in [-0.05, 0) is 60.2 Å². The highest BCUT2D eigenvalue weighted by atomic mass is 32.1. The summed E-state index contributed by atoms with van der Waals surface area (Å²) in [5.41, 5.74) is 3.35. The van der Waals surface area contributed by atoms with Gasteiger partial charge in [-0.1, -0.05) is 30.3 Å². The van der Waals surface area contributed by atoms with Crippen LogP contribution in [0, 0.1) is 0 Å². The molecule has 28 heavy (non-hydrogen) atoms. The Morgan fingerprint density at radius 1 is 1.14 bits per heavy atom. The molecular weight excluding hydrogens is 368 g/mol. The van der Waals surface area contributed by atoms with Gasteiger partial charge in [-0.2, -0.15) is 0 Å². The molecular formula is C23H24N2O2S. The number of fused-ring (bicyclic) bond motifs is 1. The van der Waals surface area contributed by atoms with Crippen LogP contribution in [-0.4, -0.2) is 30.5 Å². The molecule has 144 valence electrons. The van der Waals surface area contributed by atoms with Crippen molar-refractivity contribution in [3.63, 3.8) is 0 Å². The molecule has 2 aromatic carbocycles. The Balaban J connectivity index is 1.49. The molecule has 0 aliphatic carbocycles. The van der Waals surface area contributed by atoms with Crippen LogP contribution in [0.3, 0.4) is 0 Å². The number of amides is 1. The van der Waals surface area contributed by atoms with E-state index in [1.165, 1.54) is 16.0 Å². The number of thiophene rings is 1. The minimum Gasteiger partial charge on any atom is -0.494 e. The second kappa shape index (κ2) is 8.59. The molecule has 2 heterocycles. The molecule has 3 aromatic rings. The molecule has 0 saturated heterocycles. The lowest BCUT2D eigenvalue weighted by atomic mass is 9.93. The van der Waals surface area contributed by atoms with Crippen molar-refractivity contribution in [1.82, 2.24) is 4.90 Å². The predicted molar refractivity (Wildman–Crippen MR) is 114 cm³/mol. The largest absolute Gasteiger partial charge is 0.494 e. The lowest BCUT2D eigenvalue weighted by Gasteiger charge is -2.35.